The number of benzene rings is 1. The monoisotopic (exact) mass is 296 g/mol. The largest absolute Gasteiger partial charge is 0.505 e. The second kappa shape index (κ2) is 6.40. The van der Waals surface area contributed by atoms with Crippen LogP contribution in [-0.2, 0) is 4.74 Å². The lowest BCUT2D eigenvalue weighted by molar-refractivity contribution is 0.0535. The van der Waals surface area contributed by atoms with Crippen LogP contribution in [0.15, 0.2) is 12.1 Å². The highest BCUT2D eigenvalue weighted by molar-refractivity contribution is 6.31. The first kappa shape index (κ1) is 16.0. The van der Waals surface area contributed by atoms with Crippen molar-refractivity contribution in [1.82, 2.24) is 5.32 Å². The van der Waals surface area contributed by atoms with Crippen LogP contribution in [-0.4, -0.2) is 23.3 Å². The fourth-order valence-corrected chi connectivity index (χ4v) is 1.51. The van der Waals surface area contributed by atoms with E-state index in [2.05, 4.69) is 17.2 Å². The number of nitrogen functional groups attached to an aromatic ring is 1. The molecule has 0 radical (unpaired) electrons. The molecule has 0 heterocycles. The molecule has 6 heteroatoms. The lowest BCUT2D eigenvalue weighted by Gasteiger charge is -2.19. The Hall–Kier alpha value is -2.06. The fraction of sp³-hybridized carbons (Fsp3) is 0.357. The number of nitrogens with one attached hydrogen (secondary N) is 1. The molecule has 1 amide bonds. The Morgan fingerprint density at radius 2 is 2.15 bits per heavy atom. The Morgan fingerprint density at radius 1 is 1.50 bits per heavy atom. The van der Waals surface area contributed by atoms with Gasteiger partial charge in [-0.15, -0.1) is 0 Å². The molecule has 0 aromatic heterocycles. The third-order valence-electron chi connectivity index (χ3n) is 2.05. The fourth-order valence-electron chi connectivity index (χ4n) is 1.29. The van der Waals surface area contributed by atoms with E-state index in [0.717, 1.165) is 0 Å². The minimum atomic E-state index is -0.558. The number of amides is 1. The van der Waals surface area contributed by atoms with Gasteiger partial charge in [-0.05, 0) is 32.9 Å². The second-order valence-electron chi connectivity index (χ2n) is 5.05. The minimum Gasteiger partial charge on any atom is -0.505 e. The summed E-state index contributed by atoms with van der Waals surface area (Å²) in [5, 5.41) is 12.5. The van der Waals surface area contributed by atoms with Crippen LogP contribution >= 0.6 is 11.6 Å². The van der Waals surface area contributed by atoms with Crippen molar-refractivity contribution in [3.8, 4) is 17.6 Å². The van der Waals surface area contributed by atoms with Crippen LogP contribution in [0, 0.1) is 11.8 Å². The highest BCUT2D eigenvalue weighted by atomic mass is 35.5. The molecule has 0 aliphatic carbocycles. The first-order valence-electron chi connectivity index (χ1n) is 5.93. The lowest BCUT2D eigenvalue weighted by atomic mass is 10.2. The number of phenolic OH excluding ortho intramolecular Hbond substituents is 1. The molecule has 5 nitrogen and oxygen atoms in total. The Morgan fingerprint density at radius 3 is 2.75 bits per heavy atom. The van der Waals surface area contributed by atoms with Crippen LogP contribution in [0.5, 0.6) is 5.75 Å². The molecule has 4 N–H and O–H groups in total. The van der Waals surface area contributed by atoms with Crippen molar-refractivity contribution >= 4 is 23.4 Å². The van der Waals surface area contributed by atoms with E-state index in [9.17, 15) is 9.90 Å². The maximum Gasteiger partial charge on any atom is 0.408 e. The van der Waals surface area contributed by atoms with Crippen molar-refractivity contribution in [3.05, 3.63) is 22.7 Å². The molecule has 20 heavy (non-hydrogen) atoms. The van der Waals surface area contributed by atoms with Gasteiger partial charge >= 0.3 is 6.09 Å². The Bertz CT molecular complexity index is 568. The van der Waals surface area contributed by atoms with Crippen molar-refractivity contribution < 1.29 is 14.6 Å². The van der Waals surface area contributed by atoms with E-state index in [-0.39, 0.29) is 18.0 Å². The van der Waals surface area contributed by atoms with Gasteiger partial charge in [0.15, 0.2) is 5.75 Å². The molecule has 0 aliphatic rings. The summed E-state index contributed by atoms with van der Waals surface area (Å²) in [6.45, 7) is 5.39. The van der Waals surface area contributed by atoms with Gasteiger partial charge in [-0.1, -0.05) is 23.4 Å². The summed E-state index contributed by atoms with van der Waals surface area (Å²) in [4.78, 5) is 11.4. The van der Waals surface area contributed by atoms with Gasteiger partial charge in [0.2, 0.25) is 0 Å². The van der Waals surface area contributed by atoms with E-state index in [1.165, 1.54) is 12.1 Å². The molecule has 0 atom stereocenters. The zero-order valence-electron chi connectivity index (χ0n) is 11.6. The van der Waals surface area contributed by atoms with Crippen LogP contribution in [0.4, 0.5) is 10.5 Å². The molecule has 0 spiro atoms. The molecule has 1 rings (SSSR count). The maximum absolute atomic E-state index is 11.4. The predicted molar refractivity (Wildman–Crippen MR) is 78.6 cm³/mol. The standard InChI is InChI=1S/C14H17ClN2O3/c1-14(2,3)20-13(19)17-6-4-5-9-7-10(15)8-11(16)12(9)18/h7-8,18H,6,16H2,1-3H3,(H,17,19). The Kier molecular flexibility index (Phi) is 5.12. The average molecular weight is 297 g/mol. The Balaban J connectivity index is 2.62. The zero-order chi connectivity index (χ0) is 15.3. The quantitative estimate of drug-likeness (QED) is 0.422. The minimum absolute atomic E-state index is 0.0841. The normalized spacial score (nSPS) is 10.4. The van der Waals surface area contributed by atoms with Gasteiger partial charge in [0.25, 0.3) is 0 Å². The van der Waals surface area contributed by atoms with E-state index < -0.39 is 11.7 Å². The number of anilines is 1. The first-order valence-corrected chi connectivity index (χ1v) is 6.30. The molecule has 108 valence electrons. The van der Waals surface area contributed by atoms with Crippen molar-refractivity contribution in [2.75, 3.05) is 12.3 Å². The smallest absolute Gasteiger partial charge is 0.408 e. The molecule has 0 saturated heterocycles. The van der Waals surface area contributed by atoms with E-state index in [4.69, 9.17) is 22.1 Å². The van der Waals surface area contributed by atoms with E-state index in [1.807, 2.05) is 0 Å². The average Bonchev–Trinajstić information content (AvgIpc) is 2.28. The summed E-state index contributed by atoms with van der Waals surface area (Å²) in [5.41, 5.74) is 5.45. The number of nitrogens with two attached hydrogens (primary N) is 1. The summed E-state index contributed by atoms with van der Waals surface area (Å²) in [6, 6.07) is 2.93. The van der Waals surface area contributed by atoms with Crippen LogP contribution in [0.1, 0.15) is 26.3 Å². The van der Waals surface area contributed by atoms with Gasteiger partial charge in [-0.2, -0.15) is 0 Å². The van der Waals surface area contributed by atoms with E-state index in [0.29, 0.717) is 10.6 Å². The van der Waals surface area contributed by atoms with E-state index in [1.54, 1.807) is 20.8 Å². The molecule has 1 aromatic rings. The number of ether oxygens (including phenoxy) is 1. The number of carbonyl (C=O) groups is 1. The van der Waals surface area contributed by atoms with Crippen molar-refractivity contribution in [3.63, 3.8) is 0 Å². The highest BCUT2D eigenvalue weighted by Gasteiger charge is 2.15. The number of phenols is 1. The summed E-state index contributed by atoms with van der Waals surface area (Å²) >= 11 is 5.81. The number of halogens is 1. The highest BCUT2D eigenvalue weighted by Crippen LogP contribution is 2.28. The number of alkyl carbamates (subject to hydrolysis) is 1. The van der Waals surface area contributed by atoms with Gasteiger partial charge in [0.1, 0.15) is 5.60 Å². The van der Waals surface area contributed by atoms with Crippen molar-refractivity contribution in [2.45, 2.75) is 26.4 Å². The molecule has 0 unspecified atom stereocenters. The van der Waals surface area contributed by atoms with E-state index >= 15 is 0 Å². The number of carbonyl (C=O) groups excluding carboxylic acids is 1. The van der Waals surface area contributed by atoms with Gasteiger partial charge in [0.05, 0.1) is 17.8 Å². The molecule has 0 fully saturated rings. The van der Waals surface area contributed by atoms with Gasteiger partial charge in [-0.3, -0.25) is 0 Å². The first-order chi connectivity index (χ1) is 9.19. The zero-order valence-corrected chi connectivity index (χ0v) is 12.3. The van der Waals surface area contributed by atoms with Gasteiger partial charge in [-0.25, -0.2) is 4.79 Å². The molecular formula is C14H17ClN2O3. The molecular weight excluding hydrogens is 280 g/mol. The van der Waals surface area contributed by atoms with Crippen LogP contribution < -0.4 is 11.1 Å². The molecule has 0 aliphatic heterocycles. The summed E-state index contributed by atoms with van der Waals surface area (Å²) < 4.78 is 5.04. The predicted octanol–water partition coefficient (Wildman–Crippen LogP) is 2.50. The SMILES string of the molecule is CC(C)(C)OC(=O)NCC#Cc1cc(Cl)cc(N)c1O. The summed E-state index contributed by atoms with van der Waals surface area (Å²) in [7, 11) is 0. The van der Waals surface area contributed by atoms with Crippen molar-refractivity contribution in [1.29, 1.82) is 0 Å². The molecule has 0 bridgehead atoms. The van der Waals surface area contributed by atoms with Gasteiger partial charge < -0.3 is 20.9 Å². The number of hydrogen-bond acceptors (Lipinski definition) is 4. The number of aromatic hydroxyl groups is 1. The summed E-state index contributed by atoms with van der Waals surface area (Å²) in [5.74, 6) is 5.23. The number of rotatable bonds is 1. The van der Waals surface area contributed by atoms with Crippen LogP contribution in [0.3, 0.4) is 0 Å². The van der Waals surface area contributed by atoms with Crippen molar-refractivity contribution in [2.24, 2.45) is 0 Å². The van der Waals surface area contributed by atoms with Crippen LogP contribution in [0.2, 0.25) is 5.02 Å². The second-order valence-corrected chi connectivity index (χ2v) is 5.48. The lowest BCUT2D eigenvalue weighted by Crippen LogP contribution is -2.32. The molecule has 1 aromatic carbocycles. The molecule has 0 saturated carbocycles. The van der Waals surface area contributed by atoms with Gasteiger partial charge in [0, 0.05) is 5.02 Å². The van der Waals surface area contributed by atoms with Crippen LogP contribution in [0.25, 0.3) is 0 Å². The third-order valence-corrected chi connectivity index (χ3v) is 2.27. The third kappa shape index (κ3) is 5.29. The number of hydrogen-bond donors (Lipinski definition) is 3. The Labute approximate surface area is 123 Å². The topological polar surface area (TPSA) is 84.6 Å². The summed E-state index contributed by atoms with van der Waals surface area (Å²) in [6.07, 6.45) is -0.554. The maximum atomic E-state index is 11.4.